The van der Waals surface area contributed by atoms with Gasteiger partial charge in [-0.25, -0.2) is 0 Å². The molecule has 1 heterocycles. The van der Waals surface area contributed by atoms with Crippen molar-refractivity contribution < 1.29 is 13.9 Å². The lowest BCUT2D eigenvalue weighted by Crippen LogP contribution is -2.23. The molecule has 0 aliphatic rings. The Morgan fingerprint density at radius 3 is 2.81 bits per heavy atom. The molecule has 0 radical (unpaired) electrons. The summed E-state index contributed by atoms with van der Waals surface area (Å²) in [6.07, 6.45) is 0. The zero-order chi connectivity index (χ0) is 15.1. The smallest absolute Gasteiger partial charge is 0.287 e. The number of hydrogen-bond acceptors (Lipinski definition) is 3. The standard InChI is InChI=1S/C16H14BrNO3/c1-12-6-2-3-7-13(12)20-11-5-4-10-18-16(19)14-8-9-15(17)21-14/h2-3,6-9H,10-11H2,1H3,(H,18,19). The Bertz CT molecular complexity index is 682. The van der Waals surface area contributed by atoms with Gasteiger partial charge in [0.05, 0.1) is 6.54 Å². The summed E-state index contributed by atoms with van der Waals surface area (Å²) in [7, 11) is 0. The van der Waals surface area contributed by atoms with Crippen LogP contribution in [0.25, 0.3) is 0 Å². The third-order valence-corrected chi connectivity index (χ3v) is 3.08. The maximum Gasteiger partial charge on any atom is 0.287 e. The first-order chi connectivity index (χ1) is 10.2. The van der Waals surface area contributed by atoms with Gasteiger partial charge >= 0.3 is 0 Å². The van der Waals surface area contributed by atoms with E-state index >= 15 is 0 Å². The minimum Gasteiger partial charge on any atom is -0.481 e. The molecule has 1 aromatic carbocycles. The normalized spacial score (nSPS) is 9.62. The van der Waals surface area contributed by atoms with Gasteiger partial charge in [0.15, 0.2) is 10.4 Å². The summed E-state index contributed by atoms with van der Waals surface area (Å²) in [5, 5.41) is 2.64. The van der Waals surface area contributed by atoms with E-state index in [1.165, 1.54) is 0 Å². The molecule has 0 saturated carbocycles. The summed E-state index contributed by atoms with van der Waals surface area (Å²) in [6, 6.07) is 11.0. The van der Waals surface area contributed by atoms with Crippen molar-refractivity contribution >= 4 is 21.8 Å². The highest BCUT2D eigenvalue weighted by atomic mass is 79.9. The van der Waals surface area contributed by atoms with E-state index in [4.69, 9.17) is 9.15 Å². The number of hydrogen-bond donors (Lipinski definition) is 1. The molecular formula is C16H14BrNO3. The minimum atomic E-state index is -0.296. The molecule has 4 nitrogen and oxygen atoms in total. The lowest BCUT2D eigenvalue weighted by Gasteiger charge is -2.04. The van der Waals surface area contributed by atoms with Gasteiger partial charge in [0.25, 0.3) is 5.91 Å². The maximum absolute atomic E-state index is 11.6. The van der Waals surface area contributed by atoms with Gasteiger partial charge in [0.1, 0.15) is 12.4 Å². The van der Waals surface area contributed by atoms with Gasteiger partial charge in [-0.05, 0) is 46.6 Å². The Labute approximate surface area is 131 Å². The molecule has 0 unspecified atom stereocenters. The fraction of sp³-hybridized carbons (Fsp3) is 0.188. The van der Waals surface area contributed by atoms with Crippen LogP contribution in [0.4, 0.5) is 0 Å². The van der Waals surface area contributed by atoms with Crippen molar-refractivity contribution in [3.63, 3.8) is 0 Å². The highest BCUT2D eigenvalue weighted by Crippen LogP contribution is 2.15. The fourth-order valence-corrected chi connectivity index (χ4v) is 1.90. The SMILES string of the molecule is Cc1ccccc1OCC#CCNC(=O)c1ccc(Br)o1. The van der Waals surface area contributed by atoms with E-state index in [0.717, 1.165) is 11.3 Å². The van der Waals surface area contributed by atoms with E-state index in [1.54, 1.807) is 12.1 Å². The second-order valence-corrected chi connectivity index (χ2v) is 4.98. The molecule has 21 heavy (non-hydrogen) atoms. The molecule has 5 heteroatoms. The lowest BCUT2D eigenvalue weighted by atomic mass is 10.2. The summed E-state index contributed by atoms with van der Waals surface area (Å²) in [6.45, 7) is 2.51. The monoisotopic (exact) mass is 347 g/mol. The Hall–Kier alpha value is -2.19. The highest BCUT2D eigenvalue weighted by molar-refractivity contribution is 9.10. The van der Waals surface area contributed by atoms with Crippen LogP contribution in [0.3, 0.4) is 0 Å². The summed E-state index contributed by atoms with van der Waals surface area (Å²) < 4.78 is 11.2. The number of aryl methyl sites for hydroxylation is 1. The highest BCUT2D eigenvalue weighted by Gasteiger charge is 2.08. The third kappa shape index (κ3) is 4.69. The largest absolute Gasteiger partial charge is 0.481 e. The van der Waals surface area contributed by atoms with E-state index in [-0.39, 0.29) is 24.8 Å². The van der Waals surface area contributed by atoms with Crippen LogP contribution >= 0.6 is 15.9 Å². The summed E-state index contributed by atoms with van der Waals surface area (Å²) in [5.41, 5.74) is 1.07. The summed E-state index contributed by atoms with van der Waals surface area (Å²) in [4.78, 5) is 11.6. The molecule has 1 aromatic heterocycles. The second kappa shape index (κ2) is 7.55. The van der Waals surface area contributed by atoms with Crippen LogP contribution in [0.2, 0.25) is 0 Å². The van der Waals surface area contributed by atoms with Gasteiger partial charge in [-0.3, -0.25) is 4.79 Å². The number of rotatable bonds is 4. The molecule has 0 bridgehead atoms. The zero-order valence-corrected chi connectivity index (χ0v) is 13.1. The number of amides is 1. The third-order valence-electron chi connectivity index (χ3n) is 2.65. The molecule has 0 atom stereocenters. The summed E-state index contributed by atoms with van der Waals surface area (Å²) >= 11 is 3.14. The van der Waals surface area contributed by atoms with Gasteiger partial charge in [0, 0.05) is 0 Å². The first kappa shape index (κ1) is 15.2. The van der Waals surface area contributed by atoms with Crippen LogP contribution in [0.15, 0.2) is 45.5 Å². The molecule has 2 aromatic rings. The molecule has 1 amide bonds. The minimum absolute atomic E-state index is 0.244. The van der Waals surface area contributed by atoms with Crippen LogP contribution in [-0.2, 0) is 0 Å². The molecule has 1 N–H and O–H groups in total. The van der Waals surface area contributed by atoms with Crippen molar-refractivity contribution in [1.29, 1.82) is 0 Å². The molecular weight excluding hydrogens is 334 g/mol. The number of nitrogens with one attached hydrogen (secondary N) is 1. The van der Waals surface area contributed by atoms with Crippen LogP contribution in [0.1, 0.15) is 16.1 Å². The van der Waals surface area contributed by atoms with Crippen LogP contribution in [-0.4, -0.2) is 19.1 Å². The average molecular weight is 348 g/mol. The second-order valence-electron chi connectivity index (χ2n) is 4.19. The van der Waals surface area contributed by atoms with Gasteiger partial charge in [-0.1, -0.05) is 30.0 Å². The number of benzene rings is 1. The number of carbonyl (C=O) groups excluding carboxylic acids is 1. The Morgan fingerprint density at radius 2 is 2.10 bits per heavy atom. The fourth-order valence-electron chi connectivity index (χ4n) is 1.59. The van der Waals surface area contributed by atoms with Crippen molar-refractivity contribution in [2.45, 2.75) is 6.92 Å². The Kier molecular flexibility index (Phi) is 5.47. The van der Waals surface area contributed by atoms with E-state index in [2.05, 4.69) is 33.1 Å². The number of halogens is 1. The number of ether oxygens (including phenoxy) is 1. The summed E-state index contributed by atoms with van der Waals surface area (Å²) in [5.74, 6) is 6.44. The molecule has 0 spiro atoms. The van der Waals surface area contributed by atoms with Crippen molar-refractivity contribution in [2.75, 3.05) is 13.2 Å². The van der Waals surface area contributed by atoms with Gasteiger partial charge < -0.3 is 14.5 Å². The zero-order valence-electron chi connectivity index (χ0n) is 11.5. The van der Waals surface area contributed by atoms with E-state index < -0.39 is 0 Å². The molecule has 0 fully saturated rings. The number of para-hydroxylation sites is 1. The van der Waals surface area contributed by atoms with Crippen molar-refractivity contribution in [1.82, 2.24) is 5.32 Å². The quantitative estimate of drug-likeness (QED) is 0.864. The first-order valence-corrected chi connectivity index (χ1v) is 7.14. The van der Waals surface area contributed by atoms with E-state index in [0.29, 0.717) is 4.67 Å². The molecule has 0 aliphatic carbocycles. The van der Waals surface area contributed by atoms with Crippen molar-refractivity contribution in [3.05, 3.63) is 52.4 Å². The predicted molar refractivity (Wildman–Crippen MR) is 83.2 cm³/mol. The van der Waals surface area contributed by atoms with E-state index in [1.807, 2.05) is 31.2 Å². The van der Waals surface area contributed by atoms with Crippen molar-refractivity contribution in [2.24, 2.45) is 0 Å². The van der Waals surface area contributed by atoms with Crippen LogP contribution in [0, 0.1) is 18.8 Å². The number of carbonyl (C=O) groups is 1. The van der Waals surface area contributed by atoms with Gasteiger partial charge in [-0.2, -0.15) is 0 Å². The maximum atomic E-state index is 11.6. The average Bonchev–Trinajstić information content (AvgIpc) is 2.91. The number of furan rings is 1. The van der Waals surface area contributed by atoms with Crippen LogP contribution < -0.4 is 10.1 Å². The van der Waals surface area contributed by atoms with Gasteiger partial charge in [-0.15, -0.1) is 0 Å². The van der Waals surface area contributed by atoms with Crippen LogP contribution in [0.5, 0.6) is 5.75 Å². The molecule has 0 saturated heterocycles. The molecule has 0 aliphatic heterocycles. The van der Waals surface area contributed by atoms with E-state index in [9.17, 15) is 4.79 Å². The Balaban J connectivity index is 1.72. The van der Waals surface area contributed by atoms with Gasteiger partial charge in [0.2, 0.25) is 0 Å². The first-order valence-electron chi connectivity index (χ1n) is 6.34. The topological polar surface area (TPSA) is 51.5 Å². The van der Waals surface area contributed by atoms with Crippen molar-refractivity contribution in [3.8, 4) is 17.6 Å². The molecule has 108 valence electrons. The molecule has 2 rings (SSSR count). The predicted octanol–water partition coefficient (Wildman–Crippen LogP) is 3.16. The Morgan fingerprint density at radius 1 is 1.29 bits per heavy atom. The lowest BCUT2D eigenvalue weighted by molar-refractivity contribution is 0.0930.